The average molecular weight is 476 g/mol. The molecule has 0 bridgehead atoms. The average Bonchev–Trinajstić information content (AvgIpc) is 3.02. The second-order valence-corrected chi connectivity index (χ2v) is 8.64. The molecule has 29 heavy (non-hydrogen) atoms. The molecule has 1 aliphatic heterocycles. The van der Waals surface area contributed by atoms with Crippen LogP contribution in [0.3, 0.4) is 0 Å². The minimum atomic E-state index is -1.04. The van der Waals surface area contributed by atoms with Gasteiger partial charge in [0.25, 0.3) is 0 Å². The number of nitrogens with zero attached hydrogens (tertiary/aromatic N) is 1. The van der Waals surface area contributed by atoms with Crippen LogP contribution >= 0.6 is 15.9 Å². The molecular weight excluding hydrogens is 452 g/mol. The Morgan fingerprint density at radius 1 is 1.24 bits per heavy atom. The fourth-order valence-corrected chi connectivity index (χ4v) is 3.61. The lowest BCUT2D eigenvalue weighted by atomic mass is 9.93. The van der Waals surface area contributed by atoms with Crippen LogP contribution in [0.4, 0.5) is 13.6 Å². The van der Waals surface area contributed by atoms with E-state index in [2.05, 4.69) is 15.9 Å². The highest BCUT2D eigenvalue weighted by Gasteiger charge is 2.43. The molecule has 1 aromatic carbocycles. The summed E-state index contributed by atoms with van der Waals surface area (Å²) in [5, 5.41) is 0. The summed E-state index contributed by atoms with van der Waals surface area (Å²) in [7, 11) is 0. The zero-order valence-electron chi connectivity index (χ0n) is 16.8. The van der Waals surface area contributed by atoms with Crippen LogP contribution in [0.1, 0.15) is 52.0 Å². The molecule has 1 fully saturated rings. The van der Waals surface area contributed by atoms with E-state index in [1.165, 1.54) is 6.07 Å². The molecule has 0 aliphatic carbocycles. The number of hydrogen-bond donors (Lipinski definition) is 0. The van der Waals surface area contributed by atoms with Crippen LogP contribution in [-0.4, -0.2) is 47.5 Å². The topological polar surface area (TPSA) is 72.9 Å². The summed E-state index contributed by atoms with van der Waals surface area (Å²) >= 11 is 3.03. The number of benzene rings is 1. The Morgan fingerprint density at radius 2 is 1.90 bits per heavy atom. The van der Waals surface area contributed by atoms with Crippen molar-refractivity contribution in [3.05, 3.63) is 33.8 Å². The van der Waals surface area contributed by atoms with E-state index < -0.39 is 53.5 Å². The summed E-state index contributed by atoms with van der Waals surface area (Å²) in [5.74, 6) is -3.59. The van der Waals surface area contributed by atoms with E-state index in [0.29, 0.717) is 0 Å². The van der Waals surface area contributed by atoms with E-state index in [1.54, 1.807) is 27.7 Å². The Morgan fingerprint density at radius 3 is 2.48 bits per heavy atom. The summed E-state index contributed by atoms with van der Waals surface area (Å²) in [4.78, 5) is 38.2. The first kappa shape index (κ1) is 23.3. The second kappa shape index (κ2) is 9.19. The number of rotatable bonds is 5. The molecule has 1 amide bonds. The fourth-order valence-electron chi connectivity index (χ4n) is 3.26. The largest absolute Gasteiger partial charge is 0.466 e. The van der Waals surface area contributed by atoms with Gasteiger partial charge >= 0.3 is 12.1 Å². The van der Waals surface area contributed by atoms with Crippen LogP contribution in [0.15, 0.2) is 16.6 Å². The van der Waals surface area contributed by atoms with Crippen LogP contribution in [0.25, 0.3) is 0 Å². The summed E-state index contributed by atoms with van der Waals surface area (Å²) in [6, 6.07) is 1.32. The maximum Gasteiger partial charge on any atom is 0.410 e. The number of halogens is 3. The first-order valence-corrected chi connectivity index (χ1v) is 10.0. The molecule has 1 aromatic rings. The SMILES string of the molecule is CCOC(=O)CC(=O)[C@H]1C[C@H](c2c(F)ccc(Br)c2F)CN1C(=O)OC(C)(C)C. The van der Waals surface area contributed by atoms with E-state index in [0.717, 1.165) is 11.0 Å². The Hall–Kier alpha value is -2.03. The molecule has 0 unspecified atom stereocenters. The van der Waals surface area contributed by atoms with Crippen molar-refractivity contribution < 1.29 is 32.6 Å². The van der Waals surface area contributed by atoms with E-state index in [-0.39, 0.29) is 29.6 Å². The highest BCUT2D eigenvalue weighted by atomic mass is 79.9. The van der Waals surface area contributed by atoms with Crippen LogP contribution in [0.2, 0.25) is 0 Å². The first-order chi connectivity index (χ1) is 13.4. The maximum atomic E-state index is 14.6. The molecule has 1 saturated heterocycles. The molecule has 0 saturated carbocycles. The molecule has 0 radical (unpaired) electrons. The normalized spacial score (nSPS) is 19.2. The number of ether oxygens (including phenoxy) is 2. The zero-order chi connectivity index (χ0) is 21.9. The van der Waals surface area contributed by atoms with Crippen molar-refractivity contribution in [2.45, 2.75) is 58.1 Å². The molecule has 0 aromatic heterocycles. The number of ketones is 1. The van der Waals surface area contributed by atoms with Gasteiger partial charge < -0.3 is 9.47 Å². The lowest BCUT2D eigenvalue weighted by Gasteiger charge is -2.27. The van der Waals surface area contributed by atoms with Crippen LogP contribution in [0, 0.1) is 11.6 Å². The summed E-state index contributed by atoms with van der Waals surface area (Å²) in [6.07, 6.45) is -1.34. The van der Waals surface area contributed by atoms with Gasteiger partial charge in [-0.2, -0.15) is 0 Å². The Kier molecular flexibility index (Phi) is 7.37. The van der Waals surface area contributed by atoms with E-state index in [1.807, 2.05) is 0 Å². The standard InChI is InChI=1S/C20H24BrF2NO5/c1-5-28-16(26)9-15(25)14-8-11(10-24(14)19(27)29-20(2,3)4)17-13(22)7-6-12(21)18(17)23/h6-7,11,14H,5,8-10H2,1-4H3/t11-,14+/m0/s1. The fraction of sp³-hybridized carbons (Fsp3) is 0.550. The summed E-state index contributed by atoms with van der Waals surface area (Å²) in [5.41, 5.74) is -1.03. The number of esters is 1. The number of Topliss-reactive ketones (excluding diaryl/α,β-unsaturated/α-hetero) is 1. The van der Waals surface area contributed by atoms with Gasteiger partial charge in [0, 0.05) is 18.0 Å². The van der Waals surface area contributed by atoms with Crippen molar-refractivity contribution in [3.63, 3.8) is 0 Å². The molecule has 2 atom stereocenters. The van der Waals surface area contributed by atoms with Gasteiger partial charge in [0.15, 0.2) is 5.78 Å². The second-order valence-electron chi connectivity index (χ2n) is 7.79. The van der Waals surface area contributed by atoms with Crippen LogP contribution in [-0.2, 0) is 19.1 Å². The molecular formula is C20H24BrF2NO5. The third-order valence-corrected chi connectivity index (χ3v) is 5.02. The number of carbonyl (C=O) groups is 3. The van der Waals surface area contributed by atoms with Crippen molar-refractivity contribution in [2.24, 2.45) is 0 Å². The van der Waals surface area contributed by atoms with Crippen LogP contribution in [0.5, 0.6) is 0 Å². The van der Waals surface area contributed by atoms with Crippen molar-refractivity contribution in [3.8, 4) is 0 Å². The van der Waals surface area contributed by atoms with Gasteiger partial charge in [-0.3, -0.25) is 14.5 Å². The Bertz CT molecular complexity index is 809. The van der Waals surface area contributed by atoms with Crippen LogP contribution < -0.4 is 0 Å². The molecule has 2 rings (SSSR count). The monoisotopic (exact) mass is 475 g/mol. The highest BCUT2D eigenvalue weighted by Crippen LogP contribution is 2.38. The number of hydrogen-bond acceptors (Lipinski definition) is 5. The number of amides is 1. The van der Waals surface area contributed by atoms with E-state index >= 15 is 0 Å². The molecule has 1 aliphatic rings. The molecule has 6 nitrogen and oxygen atoms in total. The van der Waals surface area contributed by atoms with Gasteiger partial charge in [-0.25, -0.2) is 13.6 Å². The molecule has 1 heterocycles. The van der Waals surface area contributed by atoms with Gasteiger partial charge in [0.2, 0.25) is 0 Å². The third kappa shape index (κ3) is 5.74. The number of likely N-dealkylation sites (tertiary alicyclic amines) is 1. The smallest absolute Gasteiger partial charge is 0.410 e. The lowest BCUT2D eigenvalue weighted by molar-refractivity contribution is -0.146. The van der Waals surface area contributed by atoms with Crippen molar-refractivity contribution in [2.75, 3.05) is 13.2 Å². The van der Waals surface area contributed by atoms with E-state index in [9.17, 15) is 23.2 Å². The van der Waals surface area contributed by atoms with Crippen molar-refractivity contribution in [1.29, 1.82) is 0 Å². The van der Waals surface area contributed by atoms with Gasteiger partial charge in [-0.15, -0.1) is 0 Å². The highest BCUT2D eigenvalue weighted by molar-refractivity contribution is 9.10. The van der Waals surface area contributed by atoms with Gasteiger partial charge in [-0.05, 0) is 62.2 Å². The number of carbonyl (C=O) groups excluding carboxylic acids is 3. The molecule has 9 heteroatoms. The van der Waals surface area contributed by atoms with Gasteiger partial charge in [0.05, 0.1) is 17.1 Å². The maximum absolute atomic E-state index is 14.6. The predicted molar refractivity (Wildman–Crippen MR) is 104 cm³/mol. The van der Waals surface area contributed by atoms with Gasteiger partial charge in [-0.1, -0.05) is 0 Å². The molecule has 0 spiro atoms. The Balaban J connectivity index is 2.33. The van der Waals surface area contributed by atoms with Crippen molar-refractivity contribution >= 4 is 33.8 Å². The lowest BCUT2D eigenvalue weighted by Crippen LogP contribution is -2.44. The van der Waals surface area contributed by atoms with Gasteiger partial charge in [0.1, 0.15) is 23.7 Å². The minimum absolute atomic E-state index is 0.0260. The van der Waals surface area contributed by atoms with E-state index in [4.69, 9.17) is 9.47 Å². The first-order valence-electron chi connectivity index (χ1n) is 9.26. The molecule has 0 N–H and O–H groups in total. The summed E-state index contributed by atoms with van der Waals surface area (Å²) < 4.78 is 39.2. The molecule has 160 valence electrons. The minimum Gasteiger partial charge on any atom is -0.466 e. The quantitative estimate of drug-likeness (QED) is 0.359. The summed E-state index contributed by atoms with van der Waals surface area (Å²) in [6.45, 7) is 6.62. The van der Waals surface area contributed by atoms with Crippen molar-refractivity contribution in [1.82, 2.24) is 4.90 Å². The zero-order valence-corrected chi connectivity index (χ0v) is 18.3. The Labute approximate surface area is 176 Å². The predicted octanol–water partition coefficient (Wildman–Crippen LogP) is 4.34. The third-order valence-electron chi connectivity index (χ3n) is 4.41.